The second kappa shape index (κ2) is 12.0. The van der Waals surface area contributed by atoms with Crippen molar-refractivity contribution in [3.8, 4) is 17.5 Å². The van der Waals surface area contributed by atoms with Gasteiger partial charge in [-0.05, 0) is 61.3 Å². The molecule has 2 heterocycles. The highest BCUT2D eigenvalue weighted by Crippen LogP contribution is 2.32. The molecule has 5 rings (SSSR count). The summed E-state index contributed by atoms with van der Waals surface area (Å²) >= 11 is 0. The number of amides is 2. The number of aromatic nitrogens is 2. The van der Waals surface area contributed by atoms with Crippen LogP contribution in [0.15, 0.2) is 66.9 Å². The fourth-order valence-corrected chi connectivity index (χ4v) is 4.79. The van der Waals surface area contributed by atoms with Gasteiger partial charge in [0.1, 0.15) is 12.4 Å². The molecule has 2 amide bonds. The van der Waals surface area contributed by atoms with Crippen LogP contribution < -0.4 is 10.6 Å². The first-order valence-electron chi connectivity index (χ1n) is 13.8. The molecule has 4 aromatic rings. The van der Waals surface area contributed by atoms with Gasteiger partial charge in [0.2, 0.25) is 0 Å². The lowest BCUT2D eigenvalue weighted by molar-refractivity contribution is -0.154. The summed E-state index contributed by atoms with van der Waals surface area (Å²) in [7, 11) is 0. The van der Waals surface area contributed by atoms with E-state index in [1.165, 1.54) is 0 Å². The normalized spacial score (nSPS) is 15.3. The maximum absolute atomic E-state index is 13.4. The lowest BCUT2D eigenvalue weighted by atomic mass is 9.89. The number of hydrogen-bond donors (Lipinski definition) is 2. The number of urea groups is 1. The average Bonchev–Trinajstić information content (AvgIpc) is 3.37. The molecule has 206 valence electrons. The molecule has 1 aromatic heterocycles. The first kappa shape index (κ1) is 27.4. The van der Waals surface area contributed by atoms with Crippen molar-refractivity contribution in [2.24, 2.45) is 0 Å². The number of hydrogen-bond acceptors (Lipinski definition) is 4. The first-order chi connectivity index (χ1) is 19.3. The number of carbonyl (C=O) groups is 1. The van der Waals surface area contributed by atoms with E-state index in [2.05, 4.69) is 48.3 Å². The van der Waals surface area contributed by atoms with E-state index in [1.807, 2.05) is 73.8 Å². The van der Waals surface area contributed by atoms with Crippen molar-refractivity contribution in [2.45, 2.75) is 58.7 Å². The summed E-state index contributed by atoms with van der Waals surface area (Å²) in [5, 5.41) is 12.6. The van der Waals surface area contributed by atoms with Crippen LogP contribution in [0.4, 0.5) is 16.3 Å². The molecule has 1 atom stereocenters. The number of nitrogens with one attached hydrogen (secondary N) is 2. The third-order valence-corrected chi connectivity index (χ3v) is 6.96. The van der Waals surface area contributed by atoms with Gasteiger partial charge in [-0.3, -0.25) is 5.32 Å². The summed E-state index contributed by atoms with van der Waals surface area (Å²) in [6, 6.07) is 19.5. The molecular weight excluding hydrogens is 500 g/mol. The van der Waals surface area contributed by atoms with Crippen LogP contribution in [0.5, 0.6) is 0 Å². The van der Waals surface area contributed by atoms with Crippen molar-refractivity contribution < 1.29 is 14.3 Å². The predicted molar refractivity (Wildman–Crippen MR) is 160 cm³/mol. The Kier molecular flexibility index (Phi) is 8.20. The van der Waals surface area contributed by atoms with E-state index in [-0.39, 0.29) is 17.7 Å². The highest BCUT2D eigenvalue weighted by molar-refractivity contribution is 6.07. The van der Waals surface area contributed by atoms with Crippen molar-refractivity contribution in [1.29, 1.82) is 0 Å². The van der Waals surface area contributed by atoms with E-state index in [1.54, 1.807) is 4.68 Å². The molecule has 7 nitrogen and oxygen atoms in total. The van der Waals surface area contributed by atoms with Crippen molar-refractivity contribution in [3.05, 3.63) is 83.6 Å². The molecular formula is C33H36N4O3. The average molecular weight is 537 g/mol. The number of anilines is 2. The van der Waals surface area contributed by atoms with Gasteiger partial charge in [0.25, 0.3) is 0 Å². The van der Waals surface area contributed by atoms with Crippen LogP contribution in [-0.4, -0.2) is 35.3 Å². The van der Waals surface area contributed by atoms with Gasteiger partial charge in [-0.1, -0.05) is 74.6 Å². The fraction of sp³-hybridized carbons (Fsp3) is 0.333. The third-order valence-electron chi connectivity index (χ3n) is 6.96. The molecule has 1 aliphatic heterocycles. The van der Waals surface area contributed by atoms with Crippen molar-refractivity contribution in [3.63, 3.8) is 0 Å². The second-order valence-electron chi connectivity index (χ2n) is 11.1. The van der Waals surface area contributed by atoms with Crippen LogP contribution in [0.2, 0.25) is 0 Å². The van der Waals surface area contributed by atoms with Crippen LogP contribution >= 0.6 is 0 Å². The molecule has 2 N–H and O–H groups in total. The highest BCUT2D eigenvalue weighted by Gasteiger charge is 2.25. The summed E-state index contributed by atoms with van der Waals surface area (Å²) < 4.78 is 13.1. The topological polar surface area (TPSA) is 77.4 Å². The van der Waals surface area contributed by atoms with Crippen LogP contribution in [-0.2, 0) is 14.9 Å². The summed E-state index contributed by atoms with van der Waals surface area (Å²) in [6.45, 7) is 9.41. The van der Waals surface area contributed by atoms with Gasteiger partial charge in [-0.15, -0.1) is 0 Å². The highest BCUT2D eigenvalue weighted by atomic mass is 16.7. The standard InChI is InChI=1S/C33H36N4O3/c1-23-14-17-25(18-15-23)37-31(28(22-34-37)33(2,3)4)36-32(38)35-29-19-16-24(26-11-5-6-12-27(26)29)10-9-21-40-30-13-7-8-20-39-30/h5-6,11-12,14-19,22,30H,7-8,13,20-21H2,1-4H3,(H2,35,36,38). The predicted octanol–water partition coefficient (Wildman–Crippen LogP) is 7.17. The lowest BCUT2D eigenvalue weighted by Gasteiger charge is -2.21. The Bertz CT molecular complexity index is 1550. The Balaban J connectivity index is 1.36. The summed E-state index contributed by atoms with van der Waals surface area (Å²) in [5.74, 6) is 6.98. The van der Waals surface area contributed by atoms with Gasteiger partial charge in [0.05, 0.1) is 17.6 Å². The molecule has 0 saturated carbocycles. The summed E-state index contributed by atoms with van der Waals surface area (Å²) in [6.07, 6.45) is 4.78. The van der Waals surface area contributed by atoms with Crippen LogP contribution in [0.3, 0.4) is 0 Å². The third kappa shape index (κ3) is 6.36. The van der Waals surface area contributed by atoms with E-state index in [4.69, 9.17) is 9.47 Å². The van der Waals surface area contributed by atoms with Crippen molar-refractivity contribution >= 4 is 28.3 Å². The Labute approximate surface area is 235 Å². The molecule has 1 unspecified atom stereocenters. The summed E-state index contributed by atoms with van der Waals surface area (Å²) in [5.41, 5.74) is 4.34. The molecule has 1 aliphatic rings. The molecule has 1 fully saturated rings. The lowest BCUT2D eigenvalue weighted by Crippen LogP contribution is -2.24. The molecule has 3 aromatic carbocycles. The number of fused-ring (bicyclic) bond motifs is 1. The quantitative estimate of drug-likeness (QED) is 0.265. The smallest absolute Gasteiger partial charge is 0.324 e. The Morgan fingerprint density at radius 2 is 1.82 bits per heavy atom. The minimum atomic E-state index is -0.343. The Morgan fingerprint density at radius 3 is 2.55 bits per heavy atom. The SMILES string of the molecule is Cc1ccc(-n2ncc(C(C)(C)C)c2NC(=O)Nc2ccc(C#CCOC3CCCCO3)c3ccccc23)cc1. The number of carbonyl (C=O) groups excluding carboxylic acids is 1. The van der Waals surface area contributed by atoms with Gasteiger partial charge in [0, 0.05) is 23.1 Å². The van der Waals surface area contributed by atoms with E-state index >= 15 is 0 Å². The second-order valence-corrected chi connectivity index (χ2v) is 11.1. The minimum Gasteiger partial charge on any atom is -0.353 e. The molecule has 0 radical (unpaired) electrons. The molecule has 40 heavy (non-hydrogen) atoms. The molecule has 0 aliphatic carbocycles. The number of rotatable bonds is 5. The first-order valence-corrected chi connectivity index (χ1v) is 13.8. The maximum atomic E-state index is 13.4. The van der Waals surface area contributed by atoms with Gasteiger partial charge >= 0.3 is 6.03 Å². The van der Waals surface area contributed by atoms with Crippen LogP contribution in [0.1, 0.15) is 56.7 Å². The molecule has 7 heteroatoms. The largest absolute Gasteiger partial charge is 0.353 e. The molecule has 1 saturated heterocycles. The number of aryl methyl sites for hydroxylation is 1. The zero-order valence-electron chi connectivity index (χ0n) is 23.6. The van der Waals surface area contributed by atoms with Crippen LogP contribution in [0.25, 0.3) is 16.5 Å². The fourth-order valence-electron chi connectivity index (χ4n) is 4.79. The van der Waals surface area contributed by atoms with Gasteiger partial charge in [-0.25, -0.2) is 9.48 Å². The zero-order valence-corrected chi connectivity index (χ0v) is 23.6. The van der Waals surface area contributed by atoms with Crippen molar-refractivity contribution in [2.75, 3.05) is 23.8 Å². The number of nitrogens with zero attached hydrogens (tertiary/aromatic N) is 2. The van der Waals surface area contributed by atoms with Gasteiger partial charge in [0.15, 0.2) is 6.29 Å². The number of ether oxygens (including phenoxy) is 2. The Morgan fingerprint density at radius 1 is 1.05 bits per heavy atom. The zero-order chi connectivity index (χ0) is 28.1. The van der Waals surface area contributed by atoms with Gasteiger partial charge < -0.3 is 14.8 Å². The van der Waals surface area contributed by atoms with Crippen LogP contribution in [0, 0.1) is 18.8 Å². The van der Waals surface area contributed by atoms with E-state index in [9.17, 15) is 4.79 Å². The minimum absolute atomic E-state index is 0.161. The summed E-state index contributed by atoms with van der Waals surface area (Å²) in [4.78, 5) is 13.4. The van der Waals surface area contributed by atoms with Crippen molar-refractivity contribution in [1.82, 2.24) is 9.78 Å². The Hall–Kier alpha value is -4.12. The maximum Gasteiger partial charge on any atom is 0.324 e. The van der Waals surface area contributed by atoms with E-state index in [0.717, 1.165) is 59.0 Å². The van der Waals surface area contributed by atoms with E-state index in [0.29, 0.717) is 18.1 Å². The number of benzene rings is 3. The monoisotopic (exact) mass is 536 g/mol. The molecule has 0 spiro atoms. The van der Waals surface area contributed by atoms with Gasteiger partial charge in [-0.2, -0.15) is 5.10 Å². The van der Waals surface area contributed by atoms with E-state index < -0.39 is 0 Å². The molecule has 0 bridgehead atoms.